The van der Waals surface area contributed by atoms with Gasteiger partial charge in [-0.2, -0.15) is 0 Å². The predicted octanol–water partition coefficient (Wildman–Crippen LogP) is 3.44. The molecule has 3 amide bonds. The van der Waals surface area contributed by atoms with Crippen molar-refractivity contribution in [2.75, 3.05) is 4.90 Å². The number of nitrogens with one attached hydrogen (secondary N) is 1. The first-order valence-corrected chi connectivity index (χ1v) is 6.71. The summed E-state index contributed by atoms with van der Waals surface area (Å²) in [5.41, 5.74) is 1.41. The van der Waals surface area contributed by atoms with Crippen LogP contribution in [-0.2, 0) is 4.79 Å². The summed E-state index contributed by atoms with van der Waals surface area (Å²) in [4.78, 5) is 25.5. The molecule has 1 heterocycles. The Morgan fingerprint density at radius 1 is 0.952 bits per heavy atom. The number of amides is 3. The lowest BCUT2D eigenvalue weighted by molar-refractivity contribution is -0.113. The number of urea groups is 1. The van der Waals surface area contributed by atoms with Crippen LogP contribution in [-0.4, -0.2) is 11.9 Å². The molecular formula is C16H11ClN2O2. The minimum atomic E-state index is -0.468. The van der Waals surface area contributed by atoms with E-state index in [1.807, 2.05) is 12.1 Å². The normalized spacial score (nSPS) is 16.4. The Balaban J connectivity index is 1.96. The lowest BCUT2D eigenvalue weighted by Gasteiger charge is -2.10. The number of hydrogen-bond donors (Lipinski definition) is 1. The highest BCUT2D eigenvalue weighted by atomic mass is 35.5. The third kappa shape index (κ3) is 2.53. The number of carbonyl (C=O) groups excluding carboxylic acids is 2. The second-order valence-electron chi connectivity index (χ2n) is 4.49. The van der Waals surface area contributed by atoms with E-state index in [9.17, 15) is 9.59 Å². The third-order valence-corrected chi connectivity index (χ3v) is 3.44. The van der Waals surface area contributed by atoms with Gasteiger partial charge in [0, 0.05) is 5.02 Å². The first-order valence-electron chi connectivity index (χ1n) is 6.33. The zero-order valence-corrected chi connectivity index (χ0v) is 11.7. The standard InChI is InChI=1S/C16H11ClN2O2/c17-13-9-5-4-6-11(13)10-14-15(20)19(16(21)18-14)12-7-2-1-3-8-12/h1-10H,(H,18,21). The van der Waals surface area contributed by atoms with Crippen molar-refractivity contribution in [3.05, 3.63) is 70.9 Å². The van der Waals surface area contributed by atoms with E-state index >= 15 is 0 Å². The monoisotopic (exact) mass is 298 g/mol. The minimum Gasteiger partial charge on any atom is -0.302 e. The van der Waals surface area contributed by atoms with E-state index < -0.39 is 11.9 Å². The lowest BCUT2D eigenvalue weighted by atomic mass is 10.2. The number of carbonyl (C=O) groups is 2. The predicted molar refractivity (Wildman–Crippen MR) is 81.9 cm³/mol. The summed E-state index contributed by atoms with van der Waals surface area (Å²) in [5, 5.41) is 3.09. The Morgan fingerprint density at radius 3 is 2.33 bits per heavy atom. The molecule has 0 bridgehead atoms. The van der Waals surface area contributed by atoms with Crippen LogP contribution in [0.5, 0.6) is 0 Å². The van der Waals surface area contributed by atoms with E-state index in [0.29, 0.717) is 16.3 Å². The average Bonchev–Trinajstić information content (AvgIpc) is 2.77. The Hall–Kier alpha value is -2.59. The van der Waals surface area contributed by atoms with Gasteiger partial charge in [-0.05, 0) is 29.8 Å². The van der Waals surface area contributed by atoms with Crippen molar-refractivity contribution in [1.82, 2.24) is 5.32 Å². The summed E-state index contributed by atoms with van der Waals surface area (Å²) >= 11 is 6.06. The summed E-state index contributed by atoms with van der Waals surface area (Å²) in [5.74, 6) is -0.397. The molecule has 2 aromatic carbocycles. The van der Waals surface area contributed by atoms with Crippen molar-refractivity contribution in [3.8, 4) is 0 Å². The van der Waals surface area contributed by atoms with E-state index in [1.54, 1.807) is 48.5 Å². The van der Waals surface area contributed by atoms with Crippen LogP contribution < -0.4 is 10.2 Å². The Labute approximate surface area is 126 Å². The molecule has 4 nitrogen and oxygen atoms in total. The first-order chi connectivity index (χ1) is 10.2. The zero-order valence-electron chi connectivity index (χ0n) is 10.9. The van der Waals surface area contributed by atoms with E-state index in [1.165, 1.54) is 0 Å². The molecule has 0 aromatic heterocycles. The number of anilines is 1. The molecule has 1 saturated heterocycles. The van der Waals surface area contributed by atoms with Gasteiger partial charge in [0.25, 0.3) is 5.91 Å². The third-order valence-electron chi connectivity index (χ3n) is 3.10. The molecule has 104 valence electrons. The largest absolute Gasteiger partial charge is 0.333 e. The van der Waals surface area contributed by atoms with Crippen LogP contribution >= 0.6 is 11.6 Å². The molecule has 0 saturated carbocycles. The van der Waals surface area contributed by atoms with Gasteiger partial charge < -0.3 is 5.32 Å². The van der Waals surface area contributed by atoms with Crippen LogP contribution in [0.1, 0.15) is 5.56 Å². The Kier molecular flexibility index (Phi) is 3.46. The summed E-state index contributed by atoms with van der Waals surface area (Å²) in [6.07, 6.45) is 1.57. The molecule has 5 heteroatoms. The van der Waals surface area contributed by atoms with Crippen molar-refractivity contribution in [2.24, 2.45) is 0 Å². The lowest BCUT2D eigenvalue weighted by Crippen LogP contribution is -2.30. The molecule has 1 fully saturated rings. The van der Waals surface area contributed by atoms with E-state index in [0.717, 1.165) is 4.90 Å². The smallest absolute Gasteiger partial charge is 0.302 e. The minimum absolute atomic E-state index is 0.206. The van der Waals surface area contributed by atoms with Gasteiger partial charge in [-0.15, -0.1) is 0 Å². The van der Waals surface area contributed by atoms with Crippen LogP contribution in [0.25, 0.3) is 6.08 Å². The van der Waals surface area contributed by atoms with E-state index in [-0.39, 0.29) is 5.70 Å². The maximum Gasteiger partial charge on any atom is 0.333 e. The molecule has 0 atom stereocenters. The van der Waals surface area contributed by atoms with Crippen LogP contribution in [0, 0.1) is 0 Å². The second kappa shape index (κ2) is 5.42. The van der Waals surface area contributed by atoms with Crippen LogP contribution in [0.4, 0.5) is 10.5 Å². The molecule has 0 unspecified atom stereocenters. The van der Waals surface area contributed by atoms with Gasteiger partial charge in [-0.1, -0.05) is 48.0 Å². The fraction of sp³-hybridized carbons (Fsp3) is 0. The van der Waals surface area contributed by atoms with Gasteiger partial charge in [-0.25, -0.2) is 9.69 Å². The van der Waals surface area contributed by atoms with Crippen molar-refractivity contribution >= 4 is 35.3 Å². The number of nitrogens with zero attached hydrogens (tertiary/aromatic N) is 1. The molecule has 1 N–H and O–H groups in total. The first kappa shape index (κ1) is 13.4. The number of benzene rings is 2. The Bertz CT molecular complexity index is 741. The SMILES string of the molecule is O=C1NC(=Cc2ccccc2Cl)C(=O)N1c1ccccc1. The number of para-hydroxylation sites is 1. The maximum atomic E-state index is 12.4. The fourth-order valence-corrected chi connectivity index (χ4v) is 2.28. The van der Waals surface area contributed by atoms with Crippen LogP contribution in [0.15, 0.2) is 60.3 Å². The zero-order chi connectivity index (χ0) is 14.8. The van der Waals surface area contributed by atoms with Crippen molar-refractivity contribution < 1.29 is 9.59 Å². The Morgan fingerprint density at radius 2 is 1.62 bits per heavy atom. The van der Waals surface area contributed by atoms with Crippen molar-refractivity contribution in [1.29, 1.82) is 0 Å². The molecular weight excluding hydrogens is 288 g/mol. The topological polar surface area (TPSA) is 49.4 Å². The maximum absolute atomic E-state index is 12.4. The van der Waals surface area contributed by atoms with Crippen LogP contribution in [0.3, 0.4) is 0 Å². The highest BCUT2D eigenvalue weighted by Crippen LogP contribution is 2.23. The molecule has 0 radical (unpaired) electrons. The van der Waals surface area contributed by atoms with Crippen molar-refractivity contribution in [2.45, 2.75) is 0 Å². The van der Waals surface area contributed by atoms with Gasteiger partial charge in [0.2, 0.25) is 0 Å². The fourth-order valence-electron chi connectivity index (χ4n) is 2.09. The summed E-state index contributed by atoms with van der Waals surface area (Å²) in [7, 11) is 0. The summed E-state index contributed by atoms with van der Waals surface area (Å²) < 4.78 is 0. The summed E-state index contributed by atoms with van der Waals surface area (Å²) in [6.45, 7) is 0. The molecule has 1 aliphatic rings. The number of hydrogen-bond acceptors (Lipinski definition) is 2. The molecule has 2 aromatic rings. The number of imide groups is 1. The molecule has 0 spiro atoms. The van der Waals surface area contributed by atoms with Gasteiger partial charge >= 0.3 is 6.03 Å². The van der Waals surface area contributed by atoms with Gasteiger partial charge in [-0.3, -0.25) is 4.79 Å². The van der Waals surface area contributed by atoms with Gasteiger partial charge in [0.1, 0.15) is 5.70 Å². The molecule has 1 aliphatic heterocycles. The number of rotatable bonds is 2. The molecule has 3 rings (SSSR count). The second-order valence-corrected chi connectivity index (χ2v) is 4.89. The van der Waals surface area contributed by atoms with E-state index in [2.05, 4.69) is 5.32 Å². The number of halogens is 1. The van der Waals surface area contributed by atoms with Crippen LogP contribution in [0.2, 0.25) is 5.02 Å². The highest BCUT2D eigenvalue weighted by molar-refractivity contribution is 6.33. The van der Waals surface area contributed by atoms with Crippen molar-refractivity contribution in [3.63, 3.8) is 0 Å². The van der Waals surface area contributed by atoms with Gasteiger partial charge in [0.15, 0.2) is 0 Å². The highest BCUT2D eigenvalue weighted by Gasteiger charge is 2.34. The summed E-state index contributed by atoms with van der Waals surface area (Å²) in [6, 6.07) is 15.4. The molecule has 21 heavy (non-hydrogen) atoms. The average molecular weight is 299 g/mol. The quantitative estimate of drug-likeness (QED) is 0.682. The molecule has 0 aliphatic carbocycles. The van der Waals surface area contributed by atoms with E-state index in [4.69, 9.17) is 11.6 Å². The van der Waals surface area contributed by atoms with Gasteiger partial charge in [0.05, 0.1) is 5.69 Å².